The number of aliphatic hydroxyl groups excluding tert-OH is 2. The lowest BCUT2D eigenvalue weighted by atomic mass is 9.69. The molecule has 74 heavy (non-hydrogen) atoms. The van der Waals surface area contributed by atoms with Crippen LogP contribution in [0.1, 0.15) is 98.3 Å². The van der Waals surface area contributed by atoms with Crippen LogP contribution in [0, 0.1) is 23.0 Å². The van der Waals surface area contributed by atoms with E-state index in [9.17, 15) is 41.8 Å². The van der Waals surface area contributed by atoms with E-state index in [2.05, 4.69) is 17.6 Å². The van der Waals surface area contributed by atoms with Gasteiger partial charge in [0, 0.05) is 49.0 Å². The Labute approximate surface area is 432 Å². The highest BCUT2D eigenvalue weighted by Gasteiger charge is 2.50. The van der Waals surface area contributed by atoms with E-state index in [1.54, 1.807) is 47.4 Å². The van der Waals surface area contributed by atoms with Gasteiger partial charge in [0.25, 0.3) is 0 Å². The van der Waals surface area contributed by atoms with Gasteiger partial charge in [-0.3, -0.25) is 14.4 Å². The van der Waals surface area contributed by atoms with Crippen LogP contribution in [0.5, 0.6) is 0 Å². The van der Waals surface area contributed by atoms with Gasteiger partial charge in [-0.15, -0.1) is 0 Å². The fourth-order valence-electron chi connectivity index (χ4n) is 10.1. The summed E-state index contributed by atoms with van der Waals surface area (Å²) in [5.74, 6) is -3.06. The Morgan fingerprint density at radius 1 is 0.824 bits per heavy atom. The molecule has 0 saturated carbocycles. The van der Waals surface area contributed by atoms with Crippen molar-refractivity contribution in [3.63, 3.8) is 0 Å². The van der Waals surface area contributed by atoms with Gasteiger partial charge in [0.05, 0.1) is 61.2 Å². The van der Waals surface area contributed by atoms with Crippen LogP contribution in [0.3, 0.4) is 0 Å². The van der Waals surface area contributed by atoms with Crippen molar-refractivity contribution in [1.29, 1.82) is 0 Å². The van der Waals surface area contributed by atoms with Crippen molar-refractivity contribution in [1.82, 2.24) is 5.32 Å². The number of unbranched alkanes of at least 4 members (excludes halogenated alkanes) is 1. The van der Waals surface area contributed by atoms with Crippen LogP contribution in [-0.4, -0.2) is 102 Å². The Morgan fingerprint density at radius 3 is 2.15 bits per heavy atom. The Bertz CT molecular complexity index is 2820. The van der Waals surface area contributed by atoms with Crippen LogP contribution in [0.25, 0.3) is 0 Å². The third-order valence-corrected chi connectivity index (χ3v) is 16.2. The Morgan fingerprint density at radius 2 is 1.47 bits per heavy atom. The van der Waals surface area contributed by atoms with Gasteiger partial charge in [-0.25, -0.2) is 17.2 Å². The molecule has 0 spiro atoms. The number of amides is 3. The summed E-state index contributed by atoms with van der Waals surface area (Å²) in [6.07, 6.45) is 1.38. The third kappa shape index (κ3) is 13.6. The van der Waals surface area contributed by atoms with Crippen LogP contribution in [-0.2, 0) is 45.0 Å². The lowest BCUT2D eigenvalue weighted by Crippen LogP contribution is -2.55. The number of carbonyl (C=O) groups is 3. The molecule has 2 aliphatic heterocycles. The maximum Gasteiger partial charge on any atom is 0.250 e. The van der Waals surface area contributed by atoms with Gasteiger partial charge in [-0.1, -0.05) is 75.2 Å². The number of halogens is 2. The number of ether oxygens (including phenoxy) is 3. The highest BCUT2D eigenvalue weighted by molar-refractivity contribution is 7.91. The predicted octanol–water partition coefficient (Wildman–Crippen LogP) is 8.42. The van der Waals surface area contributed by atoms with E-state index in [0.29, 0.717) is 47.3 Å². The molecule has 17 heteroatoms. The Hall–Kier alpha value is -6.08. The SMILES string of the molecule is CCCCC1(CC)CS(=O)(=O)c2ccc(N(C)C)cc2C(c2cccc(NC(=O)COCCOCCOCC(=O)NCc3cccc(C4C(CCC(O)c5ccc(F)cc5)C(=O)N4c4ccc(F)cc4)c3)c2)C1O. The first kappa shape index (κ1) is 55.7. The lowest BCUT2D eigenvalue weighted by Gasteiger charge is -2.48. The first-order valence-electron chi connectivity index (χ1n) is 25.3. The van der Waals surface area contributed by atoms with Gasteiger partial charge in [0.15, 0.2) is 9.84 Å². The zero-order chi connectivity index (χ0) is 53.0. The maximum atomic E-state index is 14.0. The topological polar surface area (TPSA) is 184 Å². The first-order valence-corrected chi connectivity index (χ1v) is 26.9. The molecule has 1 fully saturated rings. The largest absolute Gasteiger partial charge is 0.392 e. The summed E-state index contributed by atoms with van der Waals surface area (Å²) < 4.78 is 72.0. The number of carbonyl (C=O) groups excluding carboxylic acids is 3. The fourth-order valence-corrected chi connectivity index (χ4v) is 12.4. The number of fused-ring (bicyclic) bond motifs is 1. The third-order valence-electron chi connectivity index (χ3n) is 14.2. The molecular weight excluding hydrogens is 971 g/mol. The van der Waals surface area contributed by atoms with Crippen molar-refractivity contribution in [3.8, 4) is 0 Å². The minimum atomic E-state index is -3.75. The second kappa shape index (κ2) is 25.4. The van der Waals surface area contributed by atoms with Crippen molar-refractivity contribution in [2.45, 2.75) is 88.0 Å². The molecule has 1 saturated heterocycles. The maximum absolute atomic E-state index is 14.0. The van der Waals surface area contributed by atoms with E-state index in [1.165, 1.54) is 36.4 Å². The number of aliphatic hydroxyl groups is 2. The number of hydrogen-bond donors (Lipinski definition) is 4. The van der Waals surface area contributed by atoms with E-state index < -0.39 is 62.9 Å². The second-order valence-corrected chi connectivity index (χ2v) is 21.4. The van der Waals surface area contributed by atoms with Gasteiger partial charge >= 0.3 is 0 Å². The number of nitrogens with zero attached hydrogens (tertiary/aromatic N) is 2. The number of benzene rings is 5. The summed E-state index contributed by atoms with van der Waals surface area (Å²) in [5.41, 5.74) is 4.30. The molecule has 0 bridgehead atoms. The van der Waals surface area contributed by atoms with E-state index in [0.717, 1.165) is 29.7 Å². The van der Waals surface area contributed by atoms with Crippen molar-refractivity contribution >= 4 is 44.6 Å². The summed E-state index contributed by atoms with van der Waals surface area (Å²) in [6.45, 7) is 4.31. The molecule has 14 nitrogen and oxygen atoms in total. The molecule has 6 atom stereocenters. The van der Waals surface area contributed by atoms with Gasteiger partial charge in [0.2, 0.25) is 17.7 Å². The van der Waals surface area contributed by atoms with Gasteiger partial charge in [-0.2, -0.15) is 0 Å². The van der Waals surface area contributed by atoms with Gasteiger partial charge < -0.3 is 44.9 Å². The molecule has 5 aromatic rings. The molecule has 7 rings (SSSR count). The summed E-state index contributed by atoms with van der Waals surface area (Å²) in [6, 6.07) is 30.8. The average Bonchev–Trinajstić information content (AvgIpc) is 3.45. The van der Waals surface area contributed by atoms with Gasteiger partial charge in [-0.05, 0) is 120 Å². The summed E-state index contributed by atoms with van der Waals surface area (Å²) in [5, 5.41) is 28.9. The zero-order valence-corrected chi connectivity index (χ0v) is 43.3. The second-order valence-electron chi connectivity index (χ2n) is 19.4. The lowest BCUT2D eigenvalue weighted by molar-refractivity contribution is -0.131. The van der Waals surface area contributed by atoms with E-state index in [4.69, 9.17) is 14.2 Å². The summed E-state index contributed by atoms with van der Waals surface area (Å²) in [4.78, 5) is 43.0. The molecule has 2 heterocycles. The predicted molar refractivity (Wildman–Crippen MR) is 279 cm³/mol. The molecule has 4 N–H and O–H groups in total. The molecule has 6 unspecified atom stereocenters. The molecule has 5 aromatic carbocycles. The average molecular weight is 1040 g/mol. The minimum absolute atomic E-state index is 0.118. The van der Waals surface area contributed by atoms with Crippen LogP contribution in [0.2, 0.25) is 0 Å². The number of hydrogen-bond acceptors (Lipinski definition) is 11. The number of sulfone groups is 1. The molecule has 2 aliphatic rings. The Balaban J connectivity index is 0.843. The first-order chi connectivity index (χ1) is 35.5. The van der Waals surface area contributed by atoms with Gasteiger partial charge in [0.1, 0.15) is 24.8 Å². The van der Waals surface area contributed by atoms with Crippen LogP contribution < -0.4 is 20.4 Å². The quantitative estimate of drug-likeness (QED) is 0.0325. The molecule has 0 radical (unpaired) electrons. The fraction of sp³-hybridized carbons (Fsp3) is 0.421. The van der Waals surface area contributed by atoms with Crippen LogP contribution >= 0.6 is 0 Å². The minimum Gasteiger partial charge on any atom is -0.392 e. The highest BCUT2D eigenvalue weighted by atomic mass is 32.2. The van der Waals surface area contributed by atoms with E-state index in [1.807, 2.05) is 62.3 Å². The number of nitrogens with one attached hydrogen (secondary N) is 2. The molecule has 0 aromatic heterocycles. The number of rotatable bonds is 25. The zero-order valence-electron chi connectivity index (χ0n) is 42.5. The standard InChI is InChI=1S/C57H68F2N4O10S/c1-5-7-26-57(6-2)37-74(69,70)50-25-22-46(62(3)4)33-48(50)53(55(57)67)40-11-9-13-44(32-40)61-52(66)36-73-30-28-71-27-29-72-35-51(65)60-34-38-10-8-12-41(31-38)54-47(23-24-49(64)39-14-16-42(58)17-15-39)56(68)63(54)45-20-18-43(59)19-21-45/h8-22,25,31-33,47,49,53-55,64,67H,5-7,23-24,26-30,34-37H2,1-4H3,(H,60,65)(H,61,66). The number of β-lactam (4-membered cyclic amide) rings is 1. The van der Waals surface area contributed by atoms with Crippen molar-refractivity contribution in [2.24, 2.45) is 11.3 Å². The number of anilines is 3. The normalized spacial score (nSPS) is 20.5. The molecule has 396 valence electrons. The van der Waals surface area contributed by atoms with E-state index >= 15 is 0 Å². The van der Waals surface area contributed by atoms with Crippen LogP contribution in [0.4, 0.5) is 25.8 Å². The summed E-state index contributed by atoms with van der Waals surface area (Å²) in [7, 11) is 0.00813. The highest BCUT2D eigenvalue weighted by Crippen LogP contribution is 2.50. The molecule has 0 aliphatic carbocycles. The Kier molecular flexibility index (Phi) is 19.1. The van der Waals surface area contributed by atoms with Crippen molar-refractivity contribution in [2.75, 3.05) is 74.6 Å². The molecule has 3 amide bonds. The van der Waals surface area contributed by atoms with Crippen molar-refractivity contribution in [3.05, 3.63) is 155 Å². The monoisotopic (exact) mass is 1040 g/mol. The van der Waals surface area contributed by atoms with Crippen molar-refractivity contribution < 1.29 is 56.0 Å². The summed E-state index contributed by atoms with van der Waals surface area (Å²) >= 11 is 0. The van der Waals surface area contributed by atoms with Crippen LogP contribution in [0.15, 0.2) is 120 Å². The smallest absolute Gasteiger partial charge is 0.250 e. The molecular formula is C57H68F2N4O10S. The van der Waals surface area contributed by atoms with E-state index in [-0.39, 0.29) is 75.1 Å².